The summed E-state index contributed by atoms with van der Waals surface area (Å²) in [5.74, 6) is 0.440. The Morgan fingerprint density at radius 1 is 1.29 bits per heavy atom. The first-order chi connectivity index (χ1) is 11.7. The Balaban J connectivity index is 1.38. The number of fused-ring (bicyclic) bond motifs is 1. The normalized spacial score (nSPS) is 14.2. The Hall–Kier alpha value is -3.33. The minimum atomic E-state index is -0.0706. The number of ether oxygens (including phenoxy) is 1. The molecule has 0 aliphatic carbocycles. The molecule has 1 aromatic carbocycles. The van der Waals surface area contributed by atoms with Crippen molar-refractivity contribution < 1.29 is 9.53 Å². The molecule has 0 unspecified atom stereocenters. The summed E-state index contributed by atoms with van der Waals surface area (Å²) >= 11 is 0. The van der Waals surface area contributed by atoms with Crippen molar-refractivity contribution in [3.63, 3.8) is 0 Å². The molecule has 0 spiro atoms. The lowest BCUT2D eigenvalue weighted by atomic mass is 10.1. The molecule has 2 aromatic heterocycles. The number of para-hydroxylation sites is 1. The van der Waals surface area contributed by atoms with Gasteiger partial charge in [0.05, 0.1) is 18.7 Å². The first-order valence-electron chi connectivity index (χ1n) is 7.63. The Labute approximate surface area is 138 Å². The van der Waals surface area contributed by atoms with Gasteiger partial charge in [-0.3, -0.25) is 4.79 Å². The number of H-pyrrole nitrogens is 1. The van der Waals surface area contributed by atoms with Crippen LogP contribution in [0.5, 0.6) is 5.88 Å². The summed E-state index contributed by atoms with van der Waals surface area (Å²) in [7, 11) is 0. The molecule has 24 heavy (non-hydrogen) atoms. The number of likely N-dealkylation sites (tertiary alicyclic amines) is 1. The van der Waals surface area contributed by atoms with Crippen LogP contribution in [0.25, 0.3) is 10.9 Å². The third kappa shape index (κ3) is 2.57. The number of nitrogens with zero attached hydrogens (tertiary/aromatic N) is 3. The van der Waals surface area contributed by atoms with Crippen LogP contribution in [0, 0.1) is 11.3 Å². The maximum Gasteiger partial charge on any atom is 0.270 e. The van der Waals surface area contributed by atoms with Crippen molar-refractivity contribution in [2.75, 3.05) is 13.1 Å². The first kappa shape index (κ1) is 14.3. The van der Waals surface area contributed by atoms with Gasteiger partial charge in [0, 0.05) is 23.2 Å². The second-order valence-electron chi connectivity index (χ2n) is 5.72. The van der Waals surface area contributed by atoms with Crippen molar-refractivity contribution in [2.45, 2.75) is 6.10 Å². The van der Waals surface area contributed by atoms with E-state index in [4.69, 9.17) is 10.00 Å². The van der Waals surface area contributed by atoms with Crippen LogP contribution in [0.4, 0.5) is 0 Å². The zero-order chi connectivity index (χ0) is 16.5. The van der Waals surface area contributed by atoms with E-state index >= 15 is 0 Å². The number of nitriles is 1. The predicted molar refractivity (Wildman–Crippen MR) is 87.6 cm³/mol. The zero-order valence-electron chi connectivity index (χ0n) is 12.8. The highest BCUT2D eigenvalue weighted by molar-refractivity contribution is 5.98. The van der Waals surface area contributed by atoms with E-state index in [1.54, 1.807) is 17.0 Å². The molecule has 0 atom stereocenters. The van der Waals surface area contributed by atoms with Gasteiger partial charge in [0.25, 0.3) is 5.91 Å². The molecule has 3 heterocycles. The Kier molecular flexibility index (Phi) is 3.39. The first-order valence-corrected chi connectivity index (χ1v) is 7.63. The number of pyridine rings is 1. The molecule has 6 nitrogen and oxygen atoms in total. The number of hydrogen-bond acceptors (Lipinski definition) is 4. The van der Waals surface area contributed by atoms with E-state index in [2.05, 4.69) is 9.97 Å². The van der Waals surface area contributed by atoms with Gasteiger partial charge in [-0.05, 0) is 18.2 Å². The highest BCUT2D eigenvalue weighted by atomic mass is 16.5. The second kappa shape index (κ2) is 5.70. The molecule has 1 amide bonds. The highest BCUT2D eigenvalue weighted by Crippen LogP contribution is 2.21. The van der Waals surface area contributed by atoms with Crippen molar-refractivity contribution >= 4 is 16.8 Å². The zero-order valence-corrected chi connectivity index (χ0v) is 12.8. The van der Waals surface area contributed by atoms with Crippen LogP contribution in [-0.2, 0) is 0 Å². The molecule has 6 heteroatoms. The van der Waals surface area contributed by atoms with Crippen molar-refractivity contribution in [1.29, 1.82) is 5.26 Å². The molecule has 3 aromatic rings. The molecular formula is C18H14N4O2. The quantitative estimate of drug-likeness (QED) is 0.803. The van der Waals surface area contributed by atoms with Crippen molar-refractivity contribution in [2.24, 2.45) is 0 Å². The molecule has 1 saturated heterocycles. The topological polar surface area (TPSA) is 82.0 Å². The number of carbonyl (C=O) groups excluding carboxylic acids is 1. The summed E-state index contributed by atoms with van der Waals surface area (Å²) in [5, 5.41) is 9.77. The van der Waals surface area contributed by atoms with Crippen molar-refractivity contribution in [3.8, 4) is 11.9 Å². The summed E-state index contributed by atoms with van der Waals surface area (Å²) in [6.45, 7) is 1.05. The maximum atomic E-state index is 12.5. The number of aromatic nitrogens is 2. The SMILES string of the molecule is N#Cc1ccc(OC2CN(C(=O)c3cc4ccccc4[nH]3)C2)nc1. The predicted octanol–water partition coefficient (Wildman–Crippen LogP) is 2.34. The number of benzene rings is 1. The fourth-order valence-corrected chi connectivity index (χ4v) is 2.72. The molecule has 4 rings (SSSR count). The van der Waals surface area contributed by atoms with Crippen LogP contribution < -0.4 is 4.74 Å². The van der Waals surface area contributed by atoms with Crippen LogP contribution in [0.3, 0.4) is 0 Å². The summed E-state index contributed by atoms with van der Waals surface area (Å²) in [4.78, 5) is 21.4. The molecule has 118 valence electrons. The molecule has 0 saturated carbocycles. The van der Waals surface area contributed by atoms with Gasteiger partial charge in [0.15, 0.2) is 0 Å². The summed E-state index contributed by atoms with van der Waals surface area (Å²) in [6.07, 6.45) is 1.40. The third-order valence-corrected chi connectivity index (χ3v) is 4.05. The van der Waals surface area contributed by atoms with Crippen LogP contribution >= 0.6 is 0 Å². The van der Waals surface area contributed by atoms with Gasteiger partial charge in [-0.25, -0.2) is 4.98 Å². The average molecular weight is 318 g/mol. The third-order valence-electron chi connectivity index (χ3n) is 4.05. The summed E-state index contributed by atoms with van der Waals surface area (Å²) < 4.78 is 5.70. The lowest BCUT2D eigenvalue weighted by molar-refractivity contribution is 0.0156. The van der Waals surface area contributed by atoms with E-state index in [9.17, 15) is 4.79 Å². The van der Waals surface area contributed by atoms with E-state index in [-0.39, 0.29) is 12.0 Å². The number of hydrogen-bond donors (Lipinski definition) is 1. The van der Waals surface area contributed by atoms with Crippen LogP contribution in [0.15, 0.2) is 48.7 Å². The van der Waals surface area contributed by atoms with Crippen LogP contribution in [0.1, 0.15) is 16.1 Å². The minimum absolute atomic E-state index is 0.0289. The lowest BCUT2D eigenvalue weighted by Crippen LogP contribution is -2.56. The largest absolute Gasteiger partial charge is 0.471 e. The summed E-state index contributed by atoms with van der Waals surface area (Å²) in [5.41, 5.74) is 2.04. The number of amides is 1. The van der Waals surface area contributed by atoms with E-state index < -0.39 is 0 Å². The molecule has 1 N–H and O–H groups in total. The second-order valence-corrected chi connectivity index (χ2v) is 5.72. The number of aromatic amines is 1. The monoisotopic (exact) mass is 318 g/mol. The van der Waals surface area contributed by atoms with Gasteiger partial charge in [-0.1, -0.05) is 18.2 Å². The Bertz CT molecular complexity index is 901. The van der Waals surface area contributed by atoms with Gasteiger partial charge < -0.3 is 14.6 Å². The fourth-order valence-electron chi connectivity index (χ4n) is 2.72. The van der Waals surface area contributed by atoms with E-state index in [1.807, 2.05) is 36.4 Å². The smallest absolute Gasteiger partial charge is 0.270 e. The van der Waals surface area contributed by atoms with Crippen LogP contribution in [0.2, 0.25) is 0 Å². The number of rotatable bonds is 3. The molecule has 1 aliphatic heterocycles. The standard InChI is InChI=1S/C18H14N4O2/c19-8-12-5-6-17(20-9-12)24-14-10-22(11-14)18(23)16-7-13-3-1-2-4-15(13)21-16/h1-7,9,14,21H,10-11H2. The van der Waals surface area contributed by atoms with E-state index in [1.165, 1.54) is 6.20 Å². The highest BCUT2D eigenvalue weighted by Gasteiger charge is 2.33. The van der Waals surface area contributed by atoms with Gasteiger partial charge in [0.1, 0.15) is 17.9 Å². The minimum Gasteiger partial charge on any atom is -0.471 e. The van der Waals surface area contributed by atoms with Crippen molar-refractivity contribution in [1.82, 2.24) is 14.9 Å². The maximum absolute atomic E-state index is 12.5. The van der Waals surface area contributed by atoms with Gasteiger partial charge in [0.2, 0.25) is 5.88 Å². The average Bonchev–Trinajstić information content (AvgIpc) is 3.02. The molecule has 0 radical (unpaired) electrons. The molecule has 1 fully saturated rings. The van der Waals surface area contributed by atoms with E-state index in [0.717, 1.165) is 10.9 Å². The van der Waals surface area contributed by atoms with Crippen LogP contribution in [-0.4, -0.2) is 40.0 Å². The number of carbonyl (C=O) groups is 1. The molecule has 0 bridgehead atoms. The number of nitrogens with one attached hydrogen (secondary N) is 1. The molecule has 1 aliphatic rings. The Morgan fingerprint density at radius 2 is 2.12 bits per heavy atom. The summed E-state index contributed by atoms with van der Waals surface area (Å²) in [6, 6.07) is 15.0. The van der Waals surface area contributed by atoms with Gasteiger partial charge >= 0.3 is 0 Å². The lowest BCUT2D eigenvalue weighted by Gasteiger charge is -2.38. The van der Waals surface area contributed by atoms with E-state index in [0.29, 0.717) is 30.2 Å². The fraction of sp³-hybridized carbons (Fsp3) is 0.167. The van der Waals surface area contributed by atoms with Gasteiger partial charge in [-0.15, -0.1) is 0 Å². The molecular weight excluding hydrogens is 304 g/mol. The van der Waals surface area contributed by atoms with Gasteiger partial charge in [-0.2, -0.15) is 5.26 Å². The Morgan fingerprint density at radius 3 is 2.83 bits per heavy atom. The van der Waals surface area contributed by atoms with Crippen molar-refractivity contribution in [3.05, 3.63) is 59.9 Å².